The van der Waals surface area contributed by atoms with E-state index < -0.39 is 17.8 Å². The molecule has 1 aliphatic heterocycles. The zero-order valence-electron chi connectivity index (χ0n) is 18.2. The van der Waals surface area contributed by atoms with Gasteiger partial charge in [-0.3, -0.25) is 25.0 Å². The second kappa shape index (κ2) is 12.5. The van der Waals surface area contributed by atoms with E-state index >= 15 is 0 Å². The molecule has 33 heavy (non-hydrogen) atoms. The summed E-state index contributed by atoms with van der Waals surface area (Å²) in [4.78, 5) is 38.3. The van der Waals surface area contributed by atoms with Crippen LogP contribution in [0.15, 0.2) is 60.7 Å². The van der Waals surface area contributed by atoms with Crippen molar-refractivity contribution in [1.29, 1.82) is 0 Å². The number of hydrogen-bond acceptors (Lipinski definition) is 6. The molecule has 0 spiro atoms. The summed E-state index contributed by atoms with van der Waals surface area (Å²) < 4.78 is 5.39. The van der Waals surface area contributed by atoms with Crippen molar-refractivity contribution in [2.24, 2.45) is 0 Å². The van der Waals surface area contributed by atoms with Crippen molar-refractivity contribution < 1.29 is 24.3 Å². The quantitative estimate of drug-likeness (QED) is 0.277. The highest BCUT2D eigenvalue weighted by Crippen LogP contribution is 2.19. The molecule has 0 aromatic heterocycles. The van der Waals surface area contributed by atoms with Gasteiger partial charge in [-0.25, -0.2) is 10.3 Å². The van der Waals surface area contributed by atoms with E-state index in [-0.39, 0.29) is 6.04 Å². The smallest absolute Gasteiger partial charge is 0.322 e. The molecule has 1 heterocycles. The highest BCUT2D eigenvalue weighted by molar-refractivity contribution is 6.04. The van der Waals surface area contributed by atoms with E-state index in [4.69, 9.17) is 9.94 Å². The zero-order chi connectivity index (χ0) is 23.5. The Morgan fingerprint density at radius 3 is 2.39 bits per heavy atom. The van der Waals surface area contributed by atoms with Crippen molar-refractivity contribution in [1.82, 2.24) is 21.0 Å². The number of hydrogen-bond donors (Lipinski definition) is 4. The minimum Gasteiger partial charge on any atom is -0.379 e. The molecule has 2 aromatic carbocycles. The van der Waals surface area contributed by atoms with Gasteiger partial charge in [0, 0.05) is 31.3 Å². The van der Waals surface area contributed by atoms with Crippen LogP contribution in [0.25, 0.3) is 6.08 Å². The number of carbonyl (C=O) groups excluding carboxylic acids is 3. The van der Waals surface area contributed by atoms with Crippen molar-refractivity contribution in [3.05, 3.63) is 77.4 Å². The van der Waals surface area contributed by atoms with Crippen LogP contribution >= 0.6 is 0 Å². The van der Waals surface area contributed by atoms with Crippen LogP contribution in [0.2, 0.25) is 0 Å². The Morgan fingerprint density at radius 2 is 1.73 bits per heavy atom. The van der Waals surface area contributed by atoms with Gasteiger partial charge in [-0.15, -0.1) is 0 Å². The molecule has 174 valence electrons. The number of carbonyl (C=O) groups is 3. The third-order valence-corrected chi connectivity index (χ3v) is 5.28. The molecule has 1 fully saturated rings. The first-order valence-corrected chi connectivity index (χ1v) is 10.7. The molecule has 1 unspecified atom stereocenters. The predicted molar refractivity (Wildman–Crippen MR) is 122 cm³/mol. The fourth-order valence-electron chi connectivity index (χ4n) is 3.47. The summed E-state index contributed by atoms with van der Waals surface area (Å²) in [7, 11) is 0. The van der Waals surface area contributed by atoms with Crippen molar-refractivity contribution in [2.45, 2.75) is 12.5 Å². The van der Waals surface area contributed by atoms with E-state index in [1.807, 2.05) is 24.3 Å². The largest absolute Gasteiger partial charge is 0.379 e. The first-order valence-electron chi connectivity index (χ1n) is 10.7. The van der Waals surface area contributed by atoms with Crippen LogP contribution in [-0.2, 0) is 9.53 Å². The molecule has 0 saturated carbocycles. The summed E-state index contributed by atoms with van der Waals surface area (Å²) in [6.07, 6.45) is 3.43. The fraction of sp³-hybridized carbons (Fsp3) is 0.292. The number of rotatable bonds is 8. The van der Waals surface area contributed by atoms with Gasteiger partial charge in [0.05, 0.1) is 19.3 Å². The van der Waals surface area contributed by atoms with Crippen LogP contribution in [0.4, 0.5) is 4.79 Å². The van der Waals surface area contributed by atoms with Gasteiger partial charge < -0.3 is 10.1 Å². The number of imide groups is 1. The number of ether oxygens (including phenoxy) is 1. The van der Waals surface area contributed by atoms with Crippen LogP contribution in [0.1, 0.15) is 33.9 Å². The minimum absolute atomic E-state index is 0.324. The molecule has 1 atom stereocenters. The summed E-state index contributed by atoms with van der Waals surface area (Å²) in [6.45, 7) is 3.81. The normalized spacial score (nSPS) is 15.1. The molecule has 4 N–H and O–H groups in total. The van der Waals surface area contributed by atoms with Gasteiger partial charge in [-0.05, 0) is 35.8 Å². The lowest BCUT2D eigenvalue weighted by Crippen LogP contribution is -2.43. The number of morpholine rings is 1. The first-order chi connectivity index (χ1) is 16.0. The average Bonchev–Trinajstić information content (AvgIpc) is 2.86. The third-order valence-electron chi connectivity index (χ3n) is 5.28. The van der Waals surface area contributed by atoms with Crippen molar-refractivity contribution in [3.63, 3.8) is 0 Å². The topological polar surface area (TPSA) is 120 Å². The fourth-order valence-corrected chi connectivity index (χ4v) is 3.47. The second-order valence-corrected chi connectivity index (χ2v) is 7.56. The zero-order valence-corrected chi connectivity index (χ0v) is 18.2. The Bertz CT molecular complexity index is 957. The van der Waals surface area contributed by atoms with Gasteiger partial charge in [0.1, 0.15) is 0 Å². The van der Waals surface area contributed by atoms with E-state index in [1.54, 1.807) is 41.9 Å². The lowest BCUT2D eigenvalue weighted by atomic mass is 10.0. The lowest BCUT2D eigenvalue weighted by molar-refractivity contribution is -0.124. The maximum Gasteiger partial charge on any atom is 0.322 e. The molecule has 9 nitrogen and oxygen atoms in total. The molecule has 4 amide bonds. The predicted octanol–water partition coefficient (Wildman–Crippen LogP) is 2.11. The van der Waals surface area contributed by atoms with Crippen LogP contribution < -0.4 is 16.1 Å². The molecule has 0 radical (unpaired) electrons. The first kappa shape index (κ1) is 24.1. The molecular formula is C24H28N4O5. The van der Waals surface area contributed by atoms with E-state index in [0.717, 1.165) is 30.8 Å². The number of hydroxylamine groups is 1. The average molecular weight is 453 g/mol. The Morgan fingerprint density at radius 1 is 1.03 bits per heavy atom. The van der Waals surface area contributed by atoms with E-state index in [2.05, 4.69) is 15.5 Å². The minimum atomic E-state index is -0.621. The molecule has 1 saturated heterocycles. The monoisotopic (exact) mass is 452 g/mol. The maximum absolute atomic E-state index is 12.6. The number of urea groups is 1. The van der Waals surface area contributed by atoms with E-state index in [1.165, 1.54) is 6.08 Å². The highest BCUT2D eigenvalue weighted by atomic mass is 16.5. The van der Waals surface area contributed by atoms with Crippen LogP contribution in [0.3, 0.4) is 0 Å². The summed E-state index contributed by atoms with van der Waals surface area (Å²) in [5.74, 6) is -1.09. The number of nitrogens with one attached hydrogen (secondary N) is 3. The Balaban J connectivity index is 1.67. The van der Waals surface area contributed by atoms with Crippen molar-refractivity contribution in [2.75, 3.05) is 32.8 Å². The SMILES string of the molecule is O=C(C=Cc1ccc(C(CCN2CCOCC2)NC(=O)NC(=O)c2ccccc2)cc1)NO. The van der Waals surface area contributed by atoms with Gasteiger partial charge in [0.25, 0.3) is 11.8 Å². The molecular weight excluding hydrogens is 424 g/mol. The van der Waals surface area contributed by atoms with Gasteiger partial charge >= 0.3 is 6.03 Å². The second-order valence-electron chi connectivity index (χ2n) is 7.56. The number of amides is 4. The molecule has 3 rings (SSSR count). The Hall–Kier alpha value is -3.53. The van der Waals surface area contributed by atoms with Gasteiger partial charge in [0.15, 0.2) is 0 Å². The lowest BCUT2D eigenvalue weighted by Gasteiger charge is -2.28. The third kappa shape index (κ3) is 7.83. The van der Waals surface area contributed by atoms with Crippen LogP contribution in [0.5, 0.6) is 0 Å². The Labute approximate surface area is 192 Å². The molecule has 0 bridgehead atoms. The van der Waals surface area contributed by atoms with Crippen LogP contribution in [0, 0.1) is 0 Å². The van der Waals surface area contributed by atoms with E-state index in [0.29, 0.717) is 25.2 Å². The van der Waals surface area contributed by atoms with Crippen LogP contribution in [-0.4, -0.2) is 60.8 Å². The van der Waals surface area contributed by atoms with Gasteiger partial charge in [-0.2, -0.15) is 0 Å². The van der Waals surface area contributed by atoms with Gasteiger partial charge in [0.2, 0.25) is 0 Å². The summed E-state index contributed by atoms with van der Waals surface area (Å²) in [6, 6.07) is 15.0. The van der Waals surface area contributed by atoms with E-state index in [9.17, 15) is 14.4 Å². The summed E-state index contributed by atoms with van der Waals surface area (Å²) in [5.41, 5.74) is 3.58. The number of benzene rings is 2. The van der Waals surface area contributed by atoms with Crippen molar-refractivity contribution in [3.8, 4) is 0 Å². The van der Waals surface area contributed by atoms with Gasteiger partial charge in [-0.1, -0.05) is 42.5 Å². The standard InChI is InChI=1S/C24H28N4O5/c29-22(27-32)11-8-18-6-9-19(10-7-18)21(12-13-28-14-16-33-17-15-28)25-24(31)26-23(30)20-4-2-1-3-5-20/h1-11,21,32H,12-17H2,(H,27,29)(H2,25,26,30,31). The summed E-state index contributed by atoms with van der Waals surface area (Å²) >= 11 is 0. The molecule has 1 aliphatic rings. The Kier molecular flexibility index (Phi) is 9.13. The molecule has 2 aromatic rings. The maximum atomic E-state index is 12.6. The number of nitrogens with zero attached hydrogens (tertiary/aromatic N) is 1. The molecule has 0 aliphatic carbocycles. The molecule has 9 heteroatoms. The summed E-state index contributed by atoms with van der Waals surface area (Å²) in [5, 5.41) is 13.9. The van der Waals surface area contributed by atoms with Crippen molar-refractivity contribution >= 4 is 23.9 Å². The highest BCUT2D eigenvalue weighted by Gasteiger charge is 2.19.